The number of H-pyrrole nitrogens is 1. The highest BCUT2D eigenvalue weighted by molar-refractivity contribution is 7.90. The smallest absolute Gasteiger partial charge is 0.424 e. The van der Waals surface area contributed by atoms with Crippen LogP contribution in [0.3, 0.4) is 0 Å². The van der Waals surface area contributed by atoms with Gasteiger partial charge < -0.3 is 28.8 Å². The van der Waals surface area contributed by atoms with E-state index in [1.165, 1.54) is 48.5 Å². The van der Waals surface area contributed by atoms with Gasteiger partial charge in [-0.1, -0.05) is 11.6 Å². The van der Waals surface area contributed by atoms with Gasteiger partial charge in [-0.15, -0.1) is 0 Å². The lowest BCUT2D eigenvalue weighted by molar-refractivity contribution is -0.158. The van der Waals surface area contributed by atoms with Crippen molar-refractivity contribution in [3.05, 3.63) is 47.0 Å². The number of piperidine rings is 1. The Labute approximate surface area is 254 Å². The van der Waals surface area contributed by atoms with Crippen molar-refractivity contribution < 1.29 is 41.7 Å². The second kappa shape index (κ2) is 13.9. The van der Waals surface area contributed by atoms with Crippen molar-refractivity contribution in [2.24, 2.45) is 10.9 Å². The van der Waals surface area contributed by atoms with Gasteiger partial charge in [0.15, 0.2) is 9.84 Å². The van der Waals surface area contributed by atoms with Crippen molar-refractivity contribution in [3.8, 4) is 5.75 Å². The van der Waals surface area contributed by atoms with Crippen molar-refractivity contribution in [2.45, 2.75) is 44.1 Å². The third-order valence-electron chi connectivity index (χ3n) is 6.06. The zero-order valence-electron chi connectivity index (χ0n) is 24.4. The van der Waals surface area contributed by atoms with E-state index in [4.69, 9.17) is 36.0 Å². The molecule has 2 heterocycles. The van der Waals surface area contributed by atoms with E-state index in [1.54, 1.807) is 20.8 Å². The second-order valence-electron chi connectivity index (χ2n) is 10.5. The Morgan fingerprint density at radius 2 is 1.81 bits per heavy atom. The minimum Gasteiger partial charge on any atom is -0.495 e. The third-order valence-corrected chi connectivity index (χ3v) is 7.41. The molecule has 0 radical (unpaired) electrons. The van der Waals surface area contributed by atoms with E-state index in [9.17, 15) is 22.8 Å². The lowest BCUT2D eigenvalue weighted by atomic mass is 9.97. The number of guanidine groups is 1. The number of likely N-dealkylation sites (tertiary alicyclic amines) is 1. The molecule has 2 N–H and O–H groups in total. The van der Waals surface area contributed by atoms with Gasteiger partial charge in [-0.2, -0.15) is 4.99 Å². The predicted octanol–water partition coefficient (Wildman–Crippen LogP) is 3.71. The zero-order chi connectivity index (χ0) is 31.9. The zero-order valence-corrected chi connectivity index (χ0v) is 26.0. The number of aromatic amines is 1. The van der Waals surface area contributed by atoms with Crippen LogP contribution in [0.15, 0.2) is 46.4 Å². The van der Waals surface area contributed by atoms with Crippen molar-refractivity contribution in [2.75, 3.05) is 38.1 Å². The first-order chi connectivity index (χ1) is 20.1. The van der Waals surface area contributed by atoms with Gasteiger partial charge in [-0.25, -0.2) is 22.9 Å². The molecule has 0 atom stereocenters. The maximum atomic E-state index is 13.2. The number of nitrogens with one attached hydrogen (secondary N) is 2. The predicted molar refractivity (Wildman–Crippen MR) is 156 cm³/mol. The number of methoxy groups -OCH3 is 1. The summed E-state index contributed by atoms with van der Waals surface area (Å²) in [6.07, 6.45) is 1.50. The molecule has 0 bridgehead atoms. The average Bonchev–Trinajstić information content (AvgIpc) is 2.93. The number of benzene rings is 1. The highest BCUT2D eigenvalue weighted by Crippen LogP contribution is 2.32. The molecule has 14 nitrogen and oxygen atoms in total. The number of hydrogen-bond donors (Lipinski definition) is 2. The molecule has 2 aromatic rings. The topological polar surface area (TPSA) is 181 Å². The fourth-order valence-corrected chi connectivity index (χ4v) is 4.70. The van der Waals surface area contributed by atoms with E-state index in [1.807, 2.05) is 0 Å². The molecule has 0 saturated carbocycles. The Morgan fingerprint density at radius 3 is 2.37 bits per heavy atom. The van der Waals surface area contributed by atoms with Gasteiger partial charge in [0.1, 0.15) is 16.8 Å². The standard InChI is InChI=1S/C27H34ClN5O9S/c1-27(2,3)42-25(35)32-12-10-17(11-13-32)23(34)40-16-41-26(36)33(24(29)31-22-9-6-18(28)15-30-22)20-8-7-19(43(5,37)38)14-21(20)39-4/h6-9,14-15,17H,10-13,16H2,1-5H3,(H2,29,30,31). The first-order valence-corrected chi connectivity index (χ1v) is 15.3. The number of sulfone groups is 1. The number of amides is 2. The van der Waals surface area contributed by atoms with Crippen LogP contribution in [0.1, 0.15) is 33.6 Å². The highest BCUT2D eigenvalue weighted by atomic mass is 35.5. The SMILES string of the molecule is COc1cc(S(C)(=O)=O)ccc1N(C(=N)/N=c1/ccc(Cl)c[nH]1)C(=O)OCOC(=O)C1CCN(C(=O)OC(C)(C)C)CC1. The molecule has 1 aromatic carbocycles. The number of carbonyl (C=O) groups is 3. The van der Waals surface area contributed by atoms with Crippen LogP contribution in [-0.2, 0) is 28.8 Å². The molecule has 2 amide bonds. The summed E-state index contributed by atoms with van der Waals surface area (Å²) in [7, 11) is -2.36. The van der Waals surface area contributed by atoms with Crippen LogP contribution in [0.4, 0.5) is 15.3 Å². The van der Waals surface area contributed by atoms with Crippen LogP contribution in [0.25, 0.3) is 0 Å². The third kappa shape index (κ3) is 9.44. The molecular formula is C27H34ClN5O9S. The summed E-state index contributed by atoms with van der Waals surface area (Å²) >= 11 is 5.89. The number of hydrogen-bond acceptors (Lipinski definition) is 10. The van der Waals surface area contributed by atoms with E-state index in [2.05, 4.69) is 9.98 Å². The summed E-state index contributed by atoms with van der Waals surface area (Å²) < 4.78 is 45.1. The van der Waals surface area contributed by atoms with Crippen molar-refractivity contribution in [3.63, 3.8) is 0 Å². The van der Waals surface area contributed by atoms with Crippen LogP contribution in [0.2, 0.25) is 5.02 Å². The van der Waals surface area contributed by atoms with E-state index in [0.717, 1.165) is 11.2 Å². The summed E-state index contributed by atoms with van der Waals surface area (Å²) in [5.74, 6) is -1.83. The van der Waals surface area contributed by atoms with Gasteiger partial charge in [0.25, 0.3) is 0 Å². The van der Waals surface area contributed by atoms with Gasteiger partial charge in [-0.05, 0) is 57.9 Å². The Hall–Kier alpha value is -4.11. The molecule has 16 heteroatoms. The maximum Gasteiger partial charge on any atom is 0.424 e. The minimum atomic E-state index is -3.62. The highest BCUT2D eigenvalue weighted by Gasteiger charge is 2.32. The Bertz CT molecular complexity index is 1520. The molecule has 43 heavy (non-hydrogen) atoms. The Morgan fingerprint density at radius 1 is 1.14 bits per heavy atom. The largest absolute Gasteiger partial charge is 0.495 e. The number of carbonyl (C=O) groups excluding carboxylic acids is 3. The van der Waals surface area contributed by atoms with Crippen LogP contribution >= 0.6 is 11.6 Å². The fourth-order valence-electron chi connectivity index (χ4n) is 3.95. The molecule has 0 spiro atoms. The summed E-state index contributed by atoms with van der Waals surface area (Å²) in [5, 5.41) is 8.91. The lowest BCUT2D eigenvalue weighted by Gasteiger charge is -2.32. The summed E-state index contributed by atoms with van der Waals surface area (Å²) in [6.45, 7) is 5.12. The van der Waals surface area contributed by atoms with Crippen LogP contribution < -0.4 is 15.1 Å². The lowest BCUT2D eigenvalue weighted by Crippen LogP contribution is -2.43. The van der Waals surface area contributed by atoms with Crippen LogP contribution in [0, 0.1) is 11.3 Å². The average molecular weight is 640 g/mol. The quantitative estimate of drug-likeness (QED) is 0.206. The van der Waals surface area contributed by atoms with Gasteiger partial charge in [-0.3, -0.25) is 10.2 Å². The minimum absolute atomic E-state index is 0.0524. The number of ether oxygens (including phenoxy) is 4. The molecule has 3 rings (SSSR count). The number of rotatable bonds is 6. The number of nitrogens with zero attached hydrogens (tertiary/aromatic N) is 3. The van der Waals surface area contributed by atoms with Crippen molar-refractivity contribution in [1.29, 1.82) is 5.41 Å². The Kier molecular flexibility index (Phi) is 10.8. The molecule has 234 valence electrons. The summed E-state index contributed by atoms with van der Waals surface area (Å²) in [6, 6.07) is 6.68. The normalized spacial score (nSPS) is 14.6. The first kappa shape index (κ1) is 33.4. The van der Waals surface area contributed by atoms with Crippen molar-refractivity contribution in [1.82, 2.24) is 9.88 Å². The van der Waals surface area contributed by atoms with Crippen LogP contribution in [0.5, 0.6) is 5.75 Å². The molecule has 1 aromatic heterocycles. The molecule has 0 aliphatic carbocycles. The van der Waals surface area contributed by atoms with Gasteiger partial charge >= 0.3 is 18.2 Å². The van der Waals surface area contributed by atoms with E-state index in [0.29, 0.717) is 31.0 Å². The van der Waals surface area contributed by atoms with Crippen molar-refractivity contribution >= 4 is 51.2 Å². The monoisotopic (exact) mass is 639 g/mol. The molecule has 1 saturated heterocycles. The number of anilines is 1. The van der Waals surface area contributed by atoms with Gasteiger partial charge in [0, 0.05) is 31.6 Å². The molecule has 0 unspecified atom stereocenters. The first-order valence-electron chi connectivity index (χ1n) is 13.1. The summed E-state index contributed by atoms with van der Waals surface area (Å²) in [4.78, 5) is 47.1. The molecule has 1 fully saturated rings. The van der Waals surface area contributed by atoms with E-state index in [-0.39, 0.29) is 21.8 Å². The number of halogens is 1. The summed E-state index contributed by atoms with van der Waals surface area (Å²) in [5.41, 5.74) is -0.521. The number of pyridine rings is 1. The van der Waals surface area contributed by atoms with Crippen LogP contribution in [-0.4, -0.2) is 81.3 Å². The van der Waals surface area contributed by atoms with Gasteiger partial charge in [0.2, 0.25) is 12.8 Å². The molecule has 1 aliphatic rings. The number of esters is 1. The maximum absolute atomic E-state index is 13.2. The van der Waals surface area contributed by atoms with E-state index < -0.39 is 52.3 Å². The fraction of sp³-hybridized carbons (Fsp3) is 0.444. The van der Waals surface area contributed by atoms with E-state index >= 15 is 0 Å². The number of aromatic nitrogens is 1. The van der Waals surface area contributed by atoms with Gasteiger partial charge in [0.05, 0.1) is 28.6 Å². The molecular weight excluding hydrogens is 606 g/mol. The second-order valence-corrected chi connectivity index (χ2v) is 13.0. The Balaban J connectivity index is 1.73. The molecule has 1 aliphatic heterocycles.